The summed E-state index contributed by atoms with van der Waals surface area (Å²) in [6.45, 7) is 1.71. The number of ether oxygens (including phenoxy) is 1. The molecule has 6 heteroatoms. The van der Waals surface area contributed by atoms with E-state index in [1.807, 2.05) is 0 Å². The van der Waals surface area contributed by atoms with E-state index in [1.54, 1.807) is 25.1 Å². The molecule has 1 aromatic rings. The minimum atomic E-state index is -0.492. The maximum Gasteiger partial charge on any atom is 0.336 e. The Hall–Kier alpha value is -1.52. The van der Waals surface area contributed by atoms with Crippen LogP contribution in [0.15, 0.2) is 29.5 Å². The molecule has 1 heterocycles. The summed E-state index contributed by atoms with van der Waals surface area (Å²) < 4.78 is 5.65. The molecule has 1 fully saturated rings. The molecule has 24 heavy (non-hydrogen) atoms. The number of nitrogens with one attached hydrogen (secondary N) is 1. The molecule has 1 aliphatic heterocycles. The average molecular weight is 368 g/mol. The van der Waals surface area contributed by atoms with E-state index < -0.39 is 5.92 Å². The fourth-order valence-electron chi connectivity index (χ4n) is 3.48. The lowest BCUT2D eigenvalue weighted by molar-refractivity contribution is -0.144. The van der Waals surface area contributed by atoms with Crippen LogP contribution in [0.25, 0.3) is 0 Å². The van der Waals surface area contributed by atoms with Gasteiger partial charge < -0.3 is 10.1 Å². The van der Waals surface area contributed by atoms with Gasteiger partial charge in [-0.3, -0.25) is 4.79 Å². The van der Waals surface area contributed by atoms with E-state index in [9.17, 15) is 9.59 Å². The number of allylic oxidation sites excluding steroid dienone is 1. The lowest BCUT2D eigenvalue weighted by Gasteiger charge is -2.28. The predicted octanol–water partition coefficient (Wildman–Crippen LogP) is 4.36. The monoisotopic (exact) mass is 367 g/mol. The highest BCUT2D eigenvalue weighted by molar-refractivity contribution is 6.36. The van der Waals surface area contributed by atoms with Gasteiger partial charge in [-0.15, -0.1) is 0 Å². The molecule has 1 atom stereocenters. The van der Waals surface area contributed by atoms with Crippen molar-refractivity contribution >= 4 is 35.1 Å². The van der Waals surface area contributed by atoms with Crippen molar-refractivity contribution in [3.05, 3.63) is 45.1 Å². The van der Waals surface area contributed by atoms with E-state index in [1.165, 1.54) is 0 Å². The number of halogens is 2. The maximum absolute atomic E-state index is 12.8. The molecule has 1 aromatic carbocycles. The second kappa shape index (κ2) is 7.16. The smallest absolute Gasteiger partial charge is 0.336 e. The Bertz CT molecular complexity index is 688. The van der Waals surface area contributed by atoms with Crippen LogP contribution >= 0.6 is 23.2 Å². The van der Waals surface area contributed by atoms with Gasteiger partial charge in [-0.2, -0.15) is 0 Å². The van der Waals surface area contributed by atoms with Gasteiger partial charge in [0, 0.05) is 28.1 Å². The van der Waals surface area contributed by atoms with Gasteiger partial charge in [0.15, 0.2) is 0 Å². The van der Waals surface area contributed by atoms with Crippen molar-refractivity contribution in [1.29, 1.82) is 0 Å². The standard InChI is InChI=1S/C18H19Cl2NO3/c1-10-16(18(23)24-11-5-2-3-6-11)12(9-15(22)21-10)17-13(19)7-4-8-14(17)20/h4,7-8,11-12H,2-3,5-6,9H2,1H3,(H,21,22)/t12-/m0/s1. The van der Waals surface area contributed by atoms with Crippen molar-refractivity contribution in [2.45, 2.75) is 51.0 Å². The van der Waals surface area contributed by atoms with Crippen molar-refractivity contribution in [3.63, 3.8) is 0 Å². The first-order valence-corrected chi connectivity index (χ1v) is 8.88. The predicted molar refractivity (Wildman–Crippen MR) is 93.0 cm³/mol. The Kier molecular flexibility index (Phi) is 5.16. The third-order valence-electron chi connectivity index (χ3n) is 4.61. The molecule has 128 valence electrons. The zero-order chi connectivity index (χ0) is 17.3. The first-order chi connectivity index (χ1) is 11.5. The highest BCUT2D eigenvalue weighted by Gasteiger charge is 2.36. The summed E-state index contributed by atoms with van der Waals surface area (Å²) in [5.74, 6) is -1.04. The number of hydrogen-bond acceptors (Lipinski definition) is 3. The number of esters is 1. The van der Waals surface area contributed by atoms with E-state index in [-0.39, 0.29) is 24.4 Å². The Labute approximate surface area is 151 Å². The third kappa shape index (κ3) is 3.45. The topological polar surface area (TPSA) is 55.4 Å². The summed E-state index contributed by atoms with van der Waals surface area (Å²) in [5.41, 5.74) is 1.56. The van der Waals surface area contributed by atoms with Gasteiger partial charge in [0.25, 0.3) is 0 Å². The summed E-state index contributed by atoms with van der Waals surface area (Å²) in [5, 5.41) is 3.62. The van der Waals surface area contributed by atoms with Gasteiger partial charge in [-0.1, -0.05) is 29.3 Å². The molecule has 0 unspecified atom stereocenters. The molecule has 4 nitrogen and oxygen atoms in total. The van der Waals surface area contributed by atoms with Crippen molar-refractivity contribution in [3.8, 4) is 0 Å². The molecule has 3 rings (SSSR count). The fourth-order valence-corrected chi connectivity index (χ4v) is 4.14. The van der Waals surface area contributed by atoms with Crippen LogP contribution in [-0.4, -0.2) is 18.0 Å². The highest BCUT2D eigenvalue weighted by atomic mass is 35.5. The number of carbonyl (C=O) groups is 2. The number of amides is 1. The number of rotatable bonds is 3. The summed E-state index contributed by atoms with van der Waals surface area (Å²) in [7, 11) is 0. The molecule has 0 radical (unpaired) electrons. The Morgan fingerprint density at radius 3 is 2.46 bits per heavy atom. The second-order valence-corrected chi connectivity index (χ2v) is 7.11. The molecule has 1 amide bonds. The van der Waals surface area contributed by atoms with Gasteiger partial charge in [0.1, 0.15) is 6.10 Å². The Morgan fingerprint density at radius 1 is 1.21 bits per heavy atom. The normalized spacial score (nSPS) is 21.8. The number of benzene rings is 1. The minimum Gasteiger partial charge on any atom is -0.459 e. The van der Waals surface area contributed by atoms with Crippen LogP contribution in [0.2, 0.25) is 10.0 Å². The second-order valence-electron chi connectivity index (χ2n) is 6.29. The van der Waals surface area contributed by atoms with Crippen LogP contribution in [-0.2, 0) is 14.3 Å². The van der Waals surface area contributed by atoms with Crippen molar-refractivity contribution in [2.75, 3.05) is 0 Å². The molecule has 0 bridgehead atoms. The van der Waals surface area contributed by atoms with E-state index in [2.05, 4.69) is 5.32 Å². The van der Waals surface area contributed by atoms with Crippen molar-refractivity contribution in [1.82, 2.24) is 5.32 Å². The highest BCUT2D eigenvalue weighted by Crippen LogP contribution is 2.41. The molecule has 0 spiro atoms. The average Bonchev–Trinajstić information content (AvgIpc) is 2.99. The summed E-state index contributed by atoms with van der Waals surface area (Å²) >= 11 is 12.6. The van der Waals surface area contributed by atoms with Gasteiger partial charge in [-0.05, 0) is 50.3 Å². The van der Waals surface area contributed by atoms with Crippen LogP contribution in [0.3, 0.4) is 0 Å². The molecule has 1 N–H and O–H groups in total. The molecular formula is C18H19Cl2NO3. The Balaban J connectivity index is 1.97. The van der Waals surface area contributed by atoms with E-state index in [4.69, 9.17) is 27.9 Å². The Morgan fingerprint density at radius 2 is 1.83 bits per heavy atom. The van der Waals surface area contributed by atoms with Crippen LogP contribution in [0.5, 0.6) is 0 Å². The molecule has 2 aliphatic rings. The molecule has 0 aromatic heterocycles. The van der Waals surface area contributed by atoms with E-state index >= 15 is 0 Å². The largest absolute Gasteiger partial charge is 0.459 e. The van der Waals surface area contributed by atoms with Gasteiger partial charge >= 0.3 is 5.97 Å². The lowest BCUT2D eigenvalue weighted by Crippen LogP contribution is -2.35. The fraction of sp³-hybridized carbons (Fsp3) is 0.444. The van der Waals surface area contributed by atoms with Gasteiger partial charge in [0.2, 0.25) is 5.91 Å². The van der Waals surface area contributed by atoms with Crippen LogP contribution in [0.4, 0.5) is 0 Å². The summed E-state index contributed by atoms with van der Waals surface area (Å²) in [4.78, 5) is 24.8. The minimum absolute atomic E-state index is 0.0437. The zero-order valence-electron chi connectivity index (χ0n) is 13.4. The van der Waals surface area contributed by atoms with Crippen molar-refractivity contribution < 1.29 is 14.3 Å². The van der Waals surface area contributed by atoms with Crippen molar-refractivity contribution in [2.24, 2.45) is 0 Å². The van der Waals surface area contributed by atoms with Gasteiger partial charge in [0.05, 0.1) is 5.57 Å². The van der Waals surface area contributed by atoms with Gasteiger partial charge in [-0.25, -0.2) is 4.79 Å². The zero-order valence-corrected chi connectivity index (χ0v) is 14.9. The molecular weight excluding hydrogens is 349 g/mol. The number of carbonyl (C=O) groups excluding carboxylic acids is 2. The molecule has 0 saturated heterocycles. The van der Waals surface area contributed by atoms with Crippen LogP contribution < -0.4 is 5.32 Å². The first-order valence-electron chi connectivity index (χ1n) is 8.13. The van der Waals surface area contributed by atoms with Crippen LogP contribution in [0.1, 0.15) is 50.5 Å². The quantitative estimate of drug-likeness (QED) is 0.807. The molecule has 1 saturated carbocycles. The third-order valence-corrected chi connectivity index (χ3v) is 5.27. The summed E-state index contributed by atoms with van der Waals surface area (Å²) in [6, 6.07) is 5.17. The summed E-state index contributed by atoms with van der Waals surface area (Å²) in [6.07, 6.45) is 4.01. The first kappa shape index (κ1) is 17.3. The maximum atomic E-state index is 12.8. The lowest BCUT2D eigenvalue weighted by atomic mass is 9.84. The SMILES string of the molecule is CC1=C(C(=O)OC2CCCC2)[C@@H](c2c(Cl)cccc2Cl)CC(=O)N1. The molecule has 1 aliphatic carbocycles. The van der Waals surface area contributed by atoms with E-state index in [0.29, 0.717) is 26.9 Å². The number of hydrogen-bond donors (Lipinski definition) is 1. The van der Waals surface area contributed by atoms with E-state index in [0.717, 1.165) is 25.7 Å². The van der Waals surface area contributed by atoms with Crippen LogP contribution in [0, 0.1) is 0 Å².